The Morgan fingerprint density at radius 2 is 1.66 bits per heavy atom. The van der Waals surface area contributed by atoms with Crippen LogP contribution in [0, 0.1) is 11.8 Å². The van der Waals surface area contributed by atoms with E-state index in [1.807, 2.05) is 24.3 Å². The molecule has 3 aromatic rings. The Kier molecular flexibility index (Phi) is 5.55. The van der Waals surface area contributed by atoms with Crippen LogP contribution in [0.2, 0.25) is 0 Å². The lowest BCUT2D eigenvalue weighted by Crippen LogP contribution is -2.26. The Balaban J connectivity index is 1.26. The zero-order valence-electron chi connectivity index (χ0n) is 17.5. The number of aromatic nitrogens is 3. The summed E-state index contributed by atoms with van der Waals surface area (Å²) in [6.07, 6.45) is -1.03. The summed E-state index contributed by atoms with van der Waals surface area (Å²) in [5.41, 5.74) is 1.11. The number of alkyl halides is 3. The van der Waals surface area contributed by atoms with Crippen molar-refractivity contribution in [1.82, 2.24) is 20.1 Å². The topological polar surface area (TPSA) is 53.9 Å². The Labute approximate surface area is 184 Å². The summed E-state index contributed by atoms with van der Waals surface area (Å²) in [5, 5.41) is 11.1. The van der Waals surface area contributed by atoms with E-state index >= 15 is 0 Å². The number of rotatable bonds is 5. The average molecular weight is 439 g/mol. The van der Waals surface area contributed by atoms with Gasteiger partial charge in [0.25, 0.3) is 0 Å². The third-order valence-corrected chi connectivity index (χ3v) is 6.45. The minimum Gasteiger partial charge on any atom is -0.365 e. The van der Waals surface area contributed by atoms with Crippen molar-refractivity contribution in [3.63, 3.8) is 0 Å². The molecule has 3 heterocycles. The first-order chi connectivity index (χ1) is 15.5. The van der Waals surface area contributed by atoms with E-state index in [1.165, 1.54) is 0 Å². The average Bonchev–Trinajstić information content (AvgIpc) is 3.32. The van der Waals surface area contributed by atoms with Crippen LogP contribution in [0.25, 0.3) is 11.3 Å². The molecule has 0 amide bonds. The second-order valence-corrected chi connectivity index (χ2v) is 8.70. The van der Waals surface area contributed by atoms with Gasteiger partial charge in [0.2, 0.25) is 0 Å². The van der Waals surface area contributed by atoms with Crippen molar-refractivity contribution in [2.45, 2.75) is 31.6 Å². The van der Waals surface area contributed by atoms with Gasteiger partial charge in [-0.1, -0.05) is 36.4 Å². The molecule has 2 unspecified atom stereocenters. The number of hydrogen-bond acceptors (Lipinski definition) is 5. The lowest BCUT2D eigenvalue weighted by atomic mass is 10.0. The Morgan fingerprint density at radius 3 is 2.31 bits per heavy atom. The van der Waals surface area contributed by atoms with Gasteiger partial charge in [-0.25, -0.2) is 0 Å². The molecule has 1 aromatic carbocycles. The molecule has 1 aliphatic carbocycles. The number of halogens is 3. The van der Waals surface area contributed by atoms with Crippen LogP contribution in [0.5, 0.6) is 0 Å². The van der Waals surface area contributed by atoms with Crippen LogP contribution in [0.15, 0.2) is 60.8 Å². The van der Waals surface area contributed by atoms with Crippen molar-refractivity contribution < 1.29 is 13.2 Å². The highest BCUT2D eigenvalue weighted by Crippen LogP contribution is 2.41. The highest BCUT2D eigenvalue weighted by molar-refractivity contribution is 5.62. The van der Waals surface area contributed by atoms with E-state index in [-0.39, 0.29) is 17.6 Å². The van der Waals surface area contributed by atoms with Crippen molar-refractivity contribution in [1.29, 1.82) is 0 Å². The van der Waals surface area contributed by atoms with E-state index in [0.29, 0.717) is 17.4 Å². The molecule has 32 heavy (non-hydrogen) atoms. The second-order valence-electron chi connectivity index (χ2n) is 8.70. The van der Waals surface area contributed by atoms with Crippen molar-refractivity contribution >= 4 is 5.82 Å². The fraction of sp³-hybridized carbons (Fsp3) is 0.375. The lowest BCUT2D eigenvalue weighted by Gasteiger charge is -2.21. The summed E-state index contributed by atoms with van der Waals surface area (Å²) in [6.45, 7) is 2.71. The minimum absolute atomic E-state index is 0.0278. The molecular formula is C24H24F3N5. The highest BCUT2D eigenvalue weighted by Gasteiger charge is 2.42. The maximum Gasteiger partial charge on any atom is 0.420 e. The molecule has 0 spiro atoms. The van der Waals surface area contributed by atoms with Crippen LogP contribution >= 0.6 is 0 Å². The van der Waals surface area contributed by atoms with Crippen LogP contribution < -0.4 is 5.32 Å². The molecule has 0 bridgehead atoms. The summed E-state index contributed by atoms with van der Waals surface area (Å²) in [4.78, 5) is 6.79. The van der Waals surface area contributed by atoms with Crippen LogP contribution in [-0.4, -0.2) is 39.2 Å². The minimum atomic E-state index is -4.50. The van der Waals surface area contributed by atoms with E-state index < -0.39 is 11.7 Å². The number of fused-ring (bicyclic) bond motifs is 1. The van der Waals surface area contributed by atoms with Gasteiger partial charge < -0.3 is 5.32 Å². The number of likely N-dealkylation sites (tertiary alicyclic amines) is 1. The third kappa shape index (κ3) is 4.46. The molecule has 1 saturated carbocycles. The zero-order valence-corrected chi connectivity index (χ0v) is 17.5. The molecule has 2 atom stereocenters. The maximum atomic E-state index is 13.8. The van der Waals surface area contributed by atoms with E-state index in [2.05, 4.69) is 25.4 Å². The monoisotopic (exact) mass is 439 g/mol. The van der Waals surface area contributed by atoms with Crippen molar-refractivity contribution in [2.75, 3.05) is 18.4 Å². The van der Waals surface area contributed by atoms with Crippen LogP contribution in [0.1, 0.15) is 24.1 Å². The fourth-order valence-electron chi connectivity index (χ4n) is 5.02. The zero-order chi connectivity index (χ0) is 22.1. The number of nitrogens with zero attached hydrogens (tertiary/aromatic N) is 4. The Morgan fingerprint density at radius 1 is 0.938 bits per heavy atom. The van der Waals surface area contributed by atoms with Gasteiger partial charge in [0.05, 0.1) is 11.4 Å². The molecule has 2 aliphatic rings. The smallest absolute Gasteiger partial charge is 0.365 e. The number of pyridine rings is 1. The van der Waals surface area contributed by atoms with Gasteiger partial charge in [-0.3, -0.25) is 9.88 Å². The molecular weight excluding hydrogens is 415 g/mol. The van der Waals surface area contributed by atoms with Gasteiger partial charge >= 0.3 is 6.18 Å². The van der Waals surface area contributed by atoms with Crippen LogP contribution in [-0.2, 0) is 12.7 Å². The van der Waals surface area contributed by atoms with E-state index in [0.717, 1.165) is 44.2 Å². The van der Waals surface area contributed by atoms with Crippen molar-refractivity contribution in [3.05, 3.63) is 72.1 Å². The fourth-order valence-corrected chi connectivity index (χ4v) is 5.02. The van der Waals surface area contributed by atoms with Gasteiger partial charge in [0, 0.05) is 37.4 Å². The van der Waals surface area contributed by atoms with Crippen LogP contribution in [0.4, 0.5) is 19.0 Å². The molecule has 8 heteroatoms. The van der Waals surface area contributed by atoms with Crippen molar-refractivity contribution in [2.24, 2.45) is 11.8 Å². The van der Waals surface area contributed by atoms with Gasteiger partial charge in [0.1, 0.15) is 5.56 Å². The summed E-state index contributed by atoms with van der Waals surface area (Å²) in [7, 11) is 0. The molecule has 1 saturated heterocycles. The molecule has 166 valence electrons. The highest BCUT2D eigenvalue weighted by atomic mass is 19.4. The lowest BCUT2D eigenvalue weighted by molar-refractivity contribution is -0.137. The standard InChI is InChI=1S/C24H24F3N5/c25-24(26,27)21-12-22(16-6-2-1-3-7-16)30-31-23(21)29-20-10-17-13-32(14-18(17)11-20)15-19-8-4-5-9-28-19/h1-9,12,17-18,20H,10-11,13-15H2,(H,29,31). The summed E-state index contributed by atoms with van der Waals surface area (Å²) in [5.74, 6) is 0.775. The Bertz CT molecular complexity index is 1040. The molecule has 2 aromatic heterocycles. The SMILES string of the molecule is FC(F)(F)c1cc(-c2ccccc2)nnc1NC1CC2CN(Cc3ccccn3)CC2C1. The predicted molar refractivity (Wildman–Crippen MR) is 116 cm³/mol. The molecule has 5 rings (SSSR count). The molecule has 2 fully saturated rings. The van der Waals surface area contributed by atoms with Gasteiger partial charge in [0.15, 0.2) is 5.82 Å². The Hall–Kier alpha value is -3.00. The van der Waals surface area contributed by atoms with E-state index in [9.17, 15) is 13.2 Å². The van der Waals surface area contributed by atoms with Crippen molar-refractivity contribution in [3.8, 4) is 11.3 Å². The first-order valence-corrected chi connectivity index (χ1v) is 10.8. The van der Waals surface area contributed by atoms with Gasteiger partial charge in [-0.15, -0.1) is 10.2 Å². The summed E-state index contributed by atoms with van der Waals surface area (Å²) < 4.78 is 41.4. The summed E-state index contributed by atoms with van der Waals surface area (Å²) >= 11 is 0. The first kappa shape index (κ1) is 20.9. The molecule has 1 N–H and O–H groups in total. The normalized spacial score (nSPS) is 23.3. The van der Waals surface area contributed by atoms with E-state index in [4.69, 9.17) is 0 Å². The predicted octanol–water partition coefficient (Wildman–Crippen LogP) is 4.88. The number of nitrogens with one attached hydrogen (secondary N) is 1. The number of benzene rings is 1. The van der Waals surface area contributed by atoms with E-state index in [1.54, 1.807) is 30.5 Å². The first-order valence-electron chi connectivity index (χ1n) is 10.8. The van der Waals surface area contributed by atoms with Gasteiger partial charge in [-0.05, 0) is 42.9 Å². The molecule has 5 nitrogen and oxygen atoms in total. The van der Waals surface area contributed by atoms with Crippen LogP contribution in [0.3, 0.4) is 0 Å². The van der Waals surface area contributed by atoms with Gasteiger partial charge in [-0.2, -0.15) is 13.2 Å². The second kappa shape index (κ2) is 8.50. The third-order valence-electron chi connectivity index (χ3n) is 6.45. The quantitative estimate of drug-likeness (QED) is 0.614. The molecule has 1 aliphatic heterocycles. The number of anilines is 1. The number of hydrogen-bond donors (Lipinski definition) is 1. The molecule has 0 radical (unpaired) electrons. The summed E-state index contributed by atoms with van der Waals surface area (Å²) in [6, 6.07) is 15.8. The largest absolute Gasteiger partial charge is 0.420 e. The maximum absolute atomic E-state index is 13.8.